The molecule has 1 amide bonds. The van der Waals surface area contributed by atoms with E-state index in [2.05, 4.69) is 5.32 Å². The van der Waals surface area contributed by atoms with Crippen LogP contribution in [0.4, 0.5) is 10.5 Å². The van der Waals surface area contributed by atoms with Gasteiger partial charge in [-0.2, -0.15) is 0 Å². The van der Waals surface area contributed by atoms with Crippen molar-refractivity contribution in [3.8, 4) is 5.75 Å². The Hall–Kier alpha value is -2.57. The molecule has 134 valence electrons. The molecule has 2 rings (SSSR count). The molecular weight excluding hydrogens is 320 g/mol. The summed E-state index contributed by atoms with van der Waals surface area (Å²) in [6.45, 7) is 0.967. The third kappa shape index (κ3) is 7.24. The van der Waals surface area contributed by atoms with Crippen LogP contribution >= 0.6 is 0 Å². The predicted molar refractivity (Wildman–Crippen MR) is 96.7 cm³/mol. The van der Waals surface area contributed by atoms with Gasteiger partial charge in [0.25, 0.3) is 0 Å². The van der Waals surface area contributed by atoms with Crippen LogP contribution in [0, 0.1) is 0 Å². The summed E-state index contributed by atoms with van der Waals surface area (Å²) in [6, 6.07) is 16.4. The van der Waals surface area contributed by atoms with Crippen LogP contribution < -0.4 is 10.1 Å². The van der Waals surface area contributed by atoms with E-state index in [4.69, 9.17) is 9.47 Å². The van der Waals surface area contributed by atoms with Crippen LogP contribution in [0.15, 0.2) is 54.6 Å². The molecule has 6 nitrogen and oxygen atoms in total. The fourth-order valence-corrected chi connectivity index (χ4v) is 2.18. The number of likely N-dealkylation sites (N-methyl/N-ethyl adjacent to an activating group) is 1. The largest absolute Gasteiger partial charge is 0.491 e. The second-order valence-electron chi connectivity index (χ2n) is 5.94. The van der Waals surface area contributed by atoms with Crippen molar-refractivity contribution in [2.24, 2.45) is 0 Å². The lowest BCUT2D eigenvalue weighted by atomic mass is 10.2. The average molecular weight is 344 g/mol. The molecule has 2 aromatic carbocycles. The summed E-state index contributed by atoms with van der Waals surface area (Å²) in [7, 11) is 3.78. The molecule has 2 N–H and O–H groups in total. The number of anilines is 1. The fraction of sp³-hybridized carbons (Fsp3) is 0.316. The summed E-state index contributed by atoms with van der Waals surface area (Å²) in [5.41, 5.74) is 1.54. The highest BCUT2D eigenvalue weighted by Crippen LogP contribution is 2.16. The fourth-order valence-electron chi connectivity index (χ4n) is 2.18. The molecule has 0 saturated carbocycles. The van der Waals surface area contributed by atoms with Crippen molar-refractivity contribution in [3.05, 3.63) is 60.2 Å². The molecular formula is C19H24N2O4. The summed E-state index contributed by atoms with van der Waals surface area (Å²) in [5, 5.41) is 12.4. The van der Waals surface area contributed by atoms with E-state index in [1.807, 2.05) is 49.3 Å². The first-order valence-corrected chi connectivity index (χ1v) is 8.06. The second-order valence-corrected chi connectivity index (χ2v) is 5.94. The van der Waals surface area contributed by atoms with Crippen molar-refractivity contribution < 1.29 is 19.4 Å². The molecule has 0 aliphatic carbocycles. The SMILES string of the molecule is CN(C)CC(O)COc1ccc(NC(=O)OCc2ccccc2)cc1. The lowest BCUT2D eigenvalue weighted by Crippen LogP contribution is -2.30. The summed E-state index contributed by atoms with van der Waals surface area (Å²) in [4.78, 5) is 13.7. The van der Waals surface area contributed by atoms with Crippen molar-refractivity contribution in [2.45, 2.75) is 12.7 Å². The zero-order valence-electron chi connectivity index (χ0n) is 14.5. The molecule has 0 saturated heterocycles. The third-order valence-corrected chi connectivity index (χ3v) is 3.33. The van der Waals surface area contributed by atoms with Gasteiger partial charge in [0.1, 0.15) is 25.1 Å². The molecule has 0 aromatic heterocycles. The highest BCUT2D eigenvalue weighted by Gasteiger charge is 2.07. The Morgan fingerprint density at radius 2 is 1.80 bits per heavy atom. The van der Waals surface area contributed by atoms with Gasteiger partial charge >= 0.3 is 6.09 Å². The van der Waals surface area contributed by atoms with Gasteiger partial charge in [-0.3, -0.25) is 5.32 Å². The van der Waals surface area contributed by atoms with E-state index in [0.29, 0.717) is 18.0 Å². The number of carbonyl (C=O) groups is 1. The van der Waals surface area contributed by atoms with Gasteiger partial charge in [0, 0.05) is 12.2 Å². The van der Waals surface area contributed by atoms with Crippen molar-refractivity contribution in [3.63, 3.8) is 0 Å². The summed E-state index contributed by atoms with van der Waals surface area (Å²) < 4.78 is 10.7. The molecule has 0 bridgehead atoms. The highest BCUT2D eigenvalue weighted by molar-refractivity contribution is 5.84. The van der Waals surface area contributed by atoms with Crippen LogP contribution in [0.1, 0.15) is 5.56 Å². The van der Waals surface area contributed by atoms with Gasteiger partial charge < -0.3 is 19.5 Å². The van der Waals surface area contributed by atoms with Gasteiger partial charge in [-0.15, -0.1) is 0 Å². The number of rotatable bonds is 8. The maximum absolute atomic E-state index is 11.8. The smallest absolute Gasteiger partial charge is 0.411 e. The first kappa shape index (κ1) is 18.8. The number of aliphatic hydroxyl groups excluding tert-OH is 1. The Balaban J connectivity index is 1.74. The molecule has 0 spiro atoms. The molecule has 1 atom stereocenters. The summed E-state index contributed by atoms with van der Waals surface area (Å²) in [5.74, 6) is 0.626. The van der Waals surface area contributed by atoms with Crippen LogP contribution in [0.5, 0.6) is 5.75 Å². The van der Waals surface area contributed by atoms with E-state index >= 15 is 0 Å². The first-order chi connectivity index (χ1) is 12.0. The Morgan fingerprint density at radius 3 is 2.44 bits per heavy atom. The molecule has 25 heavy (non-hydrogen) atoms. The number of nitrogens with zero attached hydrogens (tertiary/aromatic N) is 1. The zero-order valence-corrected chi connectivity index (χ0v) is 14.5. The van der Waals surface area contributed by atoms with Crippen molar-refractivity contribution >= 4 is 11.8 Å². The van der Waals surface area contributed by atoms with Gasteiger partial charge in [0.2, 0.25) is 0 Å². The van der Waals surface area contributed by atoms with Gasteiger partial charge in [0.15, 0.2) is 0 Å². The monoisotopic (exact) mass is 344 g/mol. The van der Waals surface area contributed by atoms with Crippen LogP contribution in [-0.2, 0) is 11.3 Å². The topological polar surface area (TPSA) is 71.0 Å². The Bertz CT molecular complexity index is 644. The second kappa shape index (κ2) is 9.66. The minimum absolute atomic E-state index is 0.212. The van der Waals surface area contributed by atoms with Crippen LogP contribution in [0.2, 0.25) is 0 Å². The lowest BCUT2D eigenvalue weighted by molar-refractivity contribution is 0.0831. The maximum Gasteiger partial charge on any atom is 0.411 e. The number of hydrogen-bond acceptors (Lipinski definition) is 5. The van der Waals surface area contributed by atoms with Crippen LogP contribution in [-0.4, -0.2) is 49.5 Å². The number of aliphatic hydroxyl groups is 1. The minimum Gasteiger partial charge on any atom is -0.491 e. The Morgan fingerprint density at radius 1 is 1.12 bits per heavy atom. The van der Waals surface area contributed by atoms with Crippen molar-refractivity contribution in [1.82, 2.24) is 4.90 Å². The van der Waals surface area contributed by atoms with E-state index in [9.17, 15) is 9.90 Å². The molecule has 0 radical (unpaired) electrons. The number of ether oxygens (including phenoxy) is 2. The summed E-state index contributed by atoms with van der Waals surface area (Å²) in [6.07, 6.45) is -1.07. The molecule has 0 fully saturated rings. The van der Waals surface area contributed by atoms with Crippen LogP contribution in [0.25, 0.3) is 0 Å². The minimum atomic E-state index is -0.555. The van der Waals surface area contributed by atoms with E-state index in [0.717, 1.165) is 5.56 Å². The summed E-state index contributed by atoms with van der Waals surface area (Å²) >= 11 is 0. The normalized spacial score (nSPS) is 11.8. The van der Waals surface area contributed by atoms with E-state index < -0.39 is 12.2 Å². The quantitative estimate of drug-likeness (QED) is 0.770. The lowest BCUT2D eigenvalue weighted by Gasteiger charge is -2.16. The van der Waals surface area contributed by atoms with Gasteiger partial charge in [-0.05, 0) is 43.9 Å². The number of carbonyl (C=O) groups excluding carboxylic acids is 1. The van der Waals surface area contributed by atoms with Gasteiger partial charge in [-0.1, -0.05) is 30.3 Å². The van der Waals surface area contributed by atoms with Crippen LogP contribution in [0.3, 0.4) is 0 Å². The molecule has 0 aliphatic heterocycles. The first-order valence-electron chi connectivity index (χ1n) is 8.06. The Kier molecular flexibility index (Phi) is 7.25. The predicted octanol–water partition coefficient (Wildman–Crippen LogP) is 2.74. The number of amides is 1. The standard InChI is InChI=1S/C19H24N2O4/c1-21(2)12-17(22)14-24-18-10-8-16(9-11-18)20-19(23)25-13-15-6-4-3-5-7-15/h3-11,17,22H,12-14H2,1-2H3,(H,20,23). The Labute approximate surface area is 148 Å². The van der Waals surface area contributed by atoms with Crippen molar-refractivity contribution in [1.29, 1.82) is 0 Å². The molecule has 1 unspecified atom stereocenters. The van der Waals surface area contributed by atoms with Gasteiger partial charge in [-0.25, -0.2) is 4.79 Å². The van der Waals surface area contributed by atoms with Gasteiger partial charge in [0.05, 0.1) is 0 Å². The molecule has 6 heteroatoms. The number of hydrogen-bond donors (Lipinski definition) is 2. The van der Waals surface area contributed by atoms with E-state index in [1.54, 1.807) is 24.3 Å². The highest BCUT2D eigenvalue weighted by atomic mass is 16.5. The van der Waals surface area contributed by atoms with Crippen molar-refractivity contribution in [2.75, 3.05) is 32.6 Å². The van der Waals surface area contributed by atoms with E-state index in [-0.39, 0.29) is 13.2 Å². The molecule has 0 heterocycles. The maximum atomic E-state index is 11.8. The number of nitrogens with one attached hydrogen (secondary N) is 1. The average Bonchev–Trinajstić information content (AvgIpc) is 2.60. The van der Waals surface area contributed by atoms with E-state index in [1.165, 1.54) is 0 Å². The molecule has 0 aliphatic rings. The molecule has 2 aromatic rings. The number of benzene rings is 2. The zero-order chi connectivity index (χ0) is 18.1. The third-order valence-electron chi connectivity index (χ3n) is 3.33.